The summed E-state index contributed by atoms with van der Waals surface area (Å²) in [6, 6.07) is 0. The van der Waals surface area contributed by atoms with E-state index < -0.39 is 0 Å². The Labute approximate surface area is 95.3 Å². The minimum Gasteiger partial charge on any atom is -0.394 e. The second-order valence-corrected chi connectivity index (χ2v) is 4.54. The Balaban J connectivity index is 2.83. The molecule has 3 N–H and O–H groups in total. The number of nitrogen functional groups attached to an aromatic ring is 1. The first-order valence-electron chi connectivity index (χ1n) is 5.01. The molecule has 0 atom stereocenters. The lowest BCUT2D eigenvalue weighted by Gasteiger charge is -2.26. The fourth-order valence-electron chi connectivity index (χ4n) is 1.48. The topological polar surface area (TPSA) is 63.8 Å². The minimum atomic E-state index is -0.0411. The second kappa shape index (κ2) is 4.66. The monoisotopic (exact) mass is 228 g/mol. The fraction of sp³-hybridized carbons (Fsp3) is 0.600. The van der Waals surface area contributed by atoms with Crippen LogP contribution in [0.1, 0.15) is 33.6 Å². The maximum absolute atomic E-state index is 5.75. The molecule has 0 bridgehead atoms. The van der Waals surface area contributed by atoms with Gasteiger partial charge >= 0.3 is 0 Å². The van der Waals surface area contributed by atoms with Crippen molar-refractivity contribution in [2.75, 3.05) is 11.1 Å². The van der Waals surface area contributed by atoms with E-state index in [0.29, 0.717) is 11.5 Å². The van der Waals surface area contributed by atoms with Crippen LogP contribution in [0.4, 0.5) is 11.5 Å². The maximum Gasteiger partial charge on any atom is 0.224 e. The first kappa shape index (κ1) is 12.0. The van der Waals surface area contributed by atoms with Gasteiger partial charge in [0.15, 0.2) is 5.82 Å². The van der Waals surface area contributed by atoms with E-state index in [0.717, 1.165) is 12.8 Å². The summed E-state index contributed by atoms with van der Waals surface area (Å²) in [4.78, 5) is 7.86. The number of anilines is 2. The van der Waals surface area contributed by atoms with Gasteiger partial charge in [0.05, 0.1) is 11.9 Å². The minimum absolute atomic E-state index is 0.0411. The highest BCUT2D eigenvalue weighted by Crippen LogP contribution is 2.23. The van der Waals surface area contributed by atoms with Crippen molar-refractivity contribution in [1.29, 1.82) is 0 Å². The molecule has 0 spiro atoms. The molecular formula is C10H17ClN4. The molecule has 1 aromatic rings. The molecule has 4 nitrogen and oxygen atoms in total. The fourth-order valence-corrected chi connectivity index (χ4v) is 1.61. The van der Waals surface area contributed by atoms with E-state index in [-0.39, 0.29) is 10.8 Å². The number of hydrogen-bond donors (Lipinski definition) is 2. The van der Waals surface area contributed by atoms with E-state index in [1.165, 1.54) is 6.20 Å². The molecule has 0 saturated heterocycles. The van der Waals surface area contributed by atoms with E-state index in [9.17, 15) is 0 Å². The summed E-state index contributed by atoms with van der Waals surface area (Å²) in [5.41, 5.74) is 6.22. The van der Waals surface area contributed by atoms with Crippen LogP contribution in [-0.2, 0) is 0 Å². The molecule has 0 aromatic carbocycles. The highest BCUT2D eigenvalue weighted by atomic mass is 35.5. The van der Waals surface area contributed by atoms with E-state index in [2.05, 4.69) is 36.1 Å². The molecule has 0 radical (unpaired) electrons. The summed E-state index contributed by atoms with van der Waals surface area (Å²) in [7, 11) is 0. The largest absolute Gasteiger partial charge is 0.394 e. The van der Waals surface area contributed by atoms with Gasteiger partial charge in [-0.05, 0) is 31.9 Å². The van der Waals surface area contributed by atoms with Crippen molar-refractivity contribution in [2.24, 2.45) is 0 Å². The molecule has 0 amide bonds. The third-order valence-electron chi connectivity index (χ3n) is 2.12. The first-order valence-corrected chi connectivity index (χ1v) is 5.38. The molecule has 0 aliphatic rings. The Bertz CT molecular complexity index is 338. The lowest BCUT2D eigenvalue weighted by atomic mass is 9.99. The van der Waals surface area contributed by atoms with E-state index in [1.54, 1.807) is 0 Å². The number of halogens is 1. The van der Waals surface area contributed by atoms with Crippen LogP contribution < -0.4 is 11.1 Å². The third-order valence-corrected chi connectivity index (χ3v) is 2.30. The van der Waals surface area contributed by atoms with Crippen molar-refractivity contribution >= 4 is 23.1 Å². The molecule has 1 heterocycles. The Morgan fingerprint density at radius 2 is 2.20 bits per heavy atom. The summed E-state index contributed by atoms with van der Waals surface area (Å²) in [5.74, 6) is 0.605. The van der Waals surface area contributed by atoms with Crippen molar-refractivity contribution < 1.29 is 0 Å². The molecule has 0 aliphatic carbocycles. The quantitative estimate of drug-likeness (QED) is 0.778. The van der Waals surface area contributed by atoms with Gasteiger partial charge < -0.3 is 11.1 Å². The number of nitrogens with two attached hydrogens (primary N) is 1. The molecule has 0 saturated carbocycles. The van der Waals surface area contributed by atoms with Crippen molar-refractivity contribution in [1.82, 2.24) is 9.97 Å². The van der Waals surface area contributed by atoms with Gasteiger partial charge in [-0.25, -0.2) is 4.98 Å². The molecule has 15 heavy (non-hydrogen) atoms. The molecule has 0 unspecified atom stereocenters. The van der Waals surface area contributed by atoms with Gasteiger partial charge in [-0.15, -0.1) is 0 Å². The molecule has 5 heteroatoms. The Morgan fingerprint density at radius 1 is 1.53 bits per heavy atom. The summed E-state index contributed by atoms with van der Waals surface area (Å²) in [6.45, 7) is 6.34. The van der Waals surface area contributed by atoms with Crippen LogP contribution in [0.25, 0.3) is 0 Å². The highest BCUT2D eigenvalue weighted by Gasteiger charge is 2.18. The SMILES string of the molecule is CCCC(C)(C)Nc1nc(Cl)ncc1N. The Hall–Kier alpha value is -1.03. The van der Waals surface area contributed by atoms with E-state index in [1.807, 2.05) is 0 Å². The third kappa shape index (κ3) is 3.55. The first-order chi connectivity index (χ1) is 6.94. The normalized spacial score (nSPS) is 11.5. The van der Waals surface area contributed by atoms with Gasteiger partial charge in [-0.1, -0.05) is 13.3 Å². The summed E-state index contributed by atoms with van der Waals surface area (Å²) in [6.07, 6.45) is 3.65. The molecule has 0 fully saturated rings. The van der Waals surface area contributed by atoms with Gasteiger partial charge in [-0.2, -0.15) is 4.98 Å². The lowest BCUT2D eigenvalue weighted by molar-refractivity contribution is 0.509. The zero-order valence-electron chi connectivity index (χ0n) is 9.34. The predicted octanol–water partition coefficient (Wildman–Crippen LogP) is 2.70. The van der Waals surface area contributed by atoms with Gasteiger partial charge in [0.1, 0.15) is 0 Å². The smallest absolute Gasteiger partial charge is 0.224 e. The van der Waals surface area contributed by atoms with Crippen LogP contribution in [-0.4, -0.2) is 15.5 Å². The standard InChI is InChI=1S/C10H17ClN4/c1-4-5-10(2,3)15-8-7(12)6-13-9(11)14-8/h6H,4-5,12H2,1-3H3,(H,13,14,15). The number of rotatable bonds is 4. The average molecular weight is 229 g/mol. The molecule has 84 valence electrons. The van der Waals surface area contributed by atoms with Crippen molar-refractivity contribution in [3.05, 3.63) is 11.5 Å². The zero-order valence-corrected chi connectivity index (χ0v) is 10.1. The van der Waals surface area contributed by atoms with Crippen molar-refractivity contribution in [3.63, 3.8) is 0 Å². The summed E-state index contributed by atoms with van der Waals surface area (Å²) in [5, 5.41) is 3.48. The van der Waals surface area contributed by atoms with Crippen LogP contribution in [0, 0.1) is 0 Å². The molecular weight excluding hydrogens is 212 g/mol. The van der Waals surface area contributed by atoms with Crippen LogP contribution in [0.15, 0.2) is 6.20 Å². The number of nitrogens with one attached hydrogen (secondary N) is 1. The van der Waals surface area contributed by atoms with Crippen LogP contribution in [0.3, 0.4) is 0 Å². The Morgan fingerprint density at radius 3 is 2.80 bits per heavy atom. The van der Waals surface area contributed by atoms with Crippen LogP contribution in [0.2, 0.25) is 5.28 Å². The van der Waals surface area contributed by atoms with E-state index >= 15 is 0 Å². The maximum atomic E-state index is 5.75. The summed E-state index contributed by atoms with van der Waals surface area (Å²) >= 11 is 5.70. The zero-order chi connectivity index (χ0) is 11.5. The second-order valence-electron chi connectivity index (χ2n) is 4.20. The number of hydrogen-bond acceptors (Lipinski definition) is 4. The van der Waals surface area contributed by atoms with Crippen LogP contribution in [0.5, 0.6) is 0 Å². The molecule has 1 rings (SSSR count). The van der Waals surface area contributed by atoms with Gasteiger partial charge in [0, 0.05) is 5.54 Å². The van der Waals surface area contributed by atoms with Crippen LogP contribution >= 0.6 is 11.6 Å². The van der Waals surface area contributed by atoms with E-state index in [4.69, 9.17) is 17.3 Å². The number of aromatic nitrogens is 2. The van der Waals surface area contributed by atoms with Gasteiger partial charge in [0.2, 0.25) is 5.28 Å². The van der Waals surface area contributed by atoms with Crippen molar-refractivity contribution in [3.8, 4) is 0 Å². The van der Waals surface area contributed by atoms with Crippen molar-refractivity contribution in [2.45, 2.75) is 39.2 Å². The average Bonchev–Trinajstić information content (AvgIpc) is 2.10. The highest BCUT2D eigenvalue weighted by molar-refractivity contribution is 6.28. The Kier molecular flexibility index (Phi) is 3.74. The predicted molar refractivity (Wildman–Crippen MR) is 64.1 cm³/mol. The molecule has 1 aromatic heterocycles. The van der Waals surface area contributed by atoms with Gasteiger partial charge in [-0.3, -0.25) is 0 Å². The molecule has 0 aliphatic heterocycles. The summed E-state index contributed by atoms with van der Waals surface area (Å²) < 4.78 is 0. The number of nitrogens with zero attached hydrogens (tertiary/aromatic N) is 2. The lowest BCUT2D eigenvalue weighted by Crippen LogP contribution is -2.31. The van der Waals surface area contributed by atoms with Gasteiger partial charge in [0.25, 0.3) is 0 Å².